The molecule has 0 aromatic heterocycles. The summed E-state index contributed by atoms with van der Waals surface area (Å²) in [4.78, 5) is 28.4. The number of nitrogens with one attached hydrogen (secondary N) is 1. The molecule has 0 aliphatic carbocycles. The Labute approximate surface area is 228 Å². The third-order valence-corrected chi connectivity index (χ3v) is 7.91. The SMILES string of the molecule is CNC(=O)C(Cc1ccccc1)N(Cc1ccccc1Cl)C(=O)CN(c1cccc(Cl)c1C)S(C)(=O)=O. The molecule has 3 aromatic rings. The molecule has 37 heavy (non-hydrogen) atoms. The van der Waals surface area contributed by atoms with Crippen LogP contribution in [0, 0.1) is 6.92 Å². The highest BCUT2D eigenvalue weighted by Crippen LogP contribution is 2.29. The molecule has 0 aliphatic rings. The molecule has 0 aliphatic heterocycles. The first kappa shape index (κ1) is 28.5. The number of carbonyl (C=O) groups is 2. The Hall–Kier alpha value is -3.07. The third kappa shape index (κ3) is 7.25. The Morgan fingerprint density at radius 3 is 2.16 bits per heavy atom. The number of hydrogen-bond donors (Lipinski definition) is 1. The van der Waals surface area contributed by atoms with Crippen LogP contribution < -0.4 is 9.62 Å². The molecule has 0 saturated heterocycles. The van der Waals surface area contributed by atoms with Crippen LogP contribution in [0.1, 0.15) is 16.7 Å². The first-order valence-electron chi connectivity index (χ1n) is 11.5. The fourth-order valence-corrected chi connectivity index (χ4v) is 5.26. The average Bonchev–Trinajstić information content (AvgIpc) is 2.87. The molecule has 2 amide bonds. The summed E-state index contributed by atoms with van der Waals surface area (Å²) in [6.07, 6.45) is 1.25. The molecule has 0 saturated carbocycles. The van der Waals surface area contributed by atoms with Crippen molar-refractivity contribution in [2.45, 2.75) is 25.9 Å². The summed E-state index contributed by atoms with van der Waals surface area (Å²) >= 11 is 12.7. The van der Waals surface area contributed by atoms with E-state index in [-0.39, 0.29) is 18.9 Å². The molecule has 1 N–H and O–H groups in total. The molecule has 196 valence electrons. The van der Waals surface area contributed by atoms with Crippen molar-refractivity contribution in [2.75, 3.05) is 24.2 Å². The molecule has 7 nitrogen and oxygen atoms in total. The summed E-state index contributed by atoms with van der Waals surface area (Å²) in [6, 6.07) is 20.3. The number of halogens is 2. The van der Waals surface area contributed by atoms with Crippen LogP contribution in [-0.4, -0.2) is 51.0 Å². The quantitative estimate of drug-likeness (QED) is 0.396. The molecule has 0 bridgehead atoms. The predicted molar refractivity (Wildman–Crippen MR) is 148 cm³/mol. The van der Waals surface area contributed by atoms with Crippen molar-refractivity contribution >= 4 is 50.7 Å². The van der Waals surface area contributed by atoms with E-state index in [9.17, 15) is 18.0 Å². The number of likely N-dealkylation sites (N-methyl/N-ethyl adjacent to an activating group) is 1. The summed E-state index contributed by atoms with van der Waals surface area (Å²) in [5, 5.41) is 3.44. The van der Waals surface area contributed by atoms with Gasteiger partial charge in [-0.05, 0) is 41.8 Å². The van der Waals surface area contributed by atoms with Crippen LogP contribution in [-0.2, 0) is 32.6 Å². The highest BCUT2D eigenvalue weighted by Gasteiger charge is 2.33. The van der Waals surface area contributed by atoms with E-state index in [2.05, 4.69) is 5.32 Å². The van der Waals surface area contributed by atoms with Gasteiger partial charge in [-0.25, -0.2) is 8.42 Å². The number of anilines is 1. The molecule has 10 heteroatoms. The van der Waals surface area contributed by atoms with Crippen LogP contribution in [0.4, 0.5) is 5.69 Å². The van der Waals surface area contributed by atoms with E-state index < -0.39 is 28.5 Å². The van der Waals surface area contributed by atoms with Gasteiger partial charge in [0.2, 0.25) is 21.8 Å². The van der Waals surface area contributed by atoms with Crippen molar-refractivity contribution in [3.05, 3.63) is 99.5 Å². The van der Waals surface area contributed by atoms with Crippen molar-refractivity contribution in [1.82, 2.24) is 10.2 Å². The maximum Gasteiger partial charge on any atom is 0.244 e. The van der Waals surface area contributed by atoms with Crippen LogP contribution in [0.3, 0.4) is 0 Å². The monoisotopic (exact) mass is 561 g/mol. The van der Waals surface area contributed by atoms with Gasteiger partial charge < -0.3 is 10.2 Å². The summed E-state index contributed by atoms with van der Waals surface area (Å²) in [5.41, 5.74) is 2.29. The van der Waals surface area contributed by atoms with Crippen LogP contribution in [0.15, 0.2) is 72.8 Å². The van der Waals surface area contributed by atoms with E-state index in [1.54, 1.807) is 49.4 Å². The predicted octanol–water partition coefficient (Wildman–Crippen LogP) is 4.45. The Bertz CT molecular complexity index is 1370. The first-order chi connectivity index (χ1) is 17.5. The summed E-state index contributed by atoms with van der Waals surface area (Å²) in [5.74, 6) is -0.941. The van der Waals surface area contributed by atoms with Crippen molar-refractivity contribution in [3.63, 3.8) is 0 Å². The molecular formula is C27H29Cl2N3O4S. The van der Waals surface area contributed by atoms with Crippen LogP contribution in [0.2, 0.25) is 10.0 Å². The molecule has 0 spiro atoms. The molecular weight excluding hydrogens is 533 g/mol. The van der Waals surface area contributed by atoms with E-state index in [1.165, 1.54) is 11.9 Å². The number of carbonyl (C=O) groups excluding carboxylic acids is 2. The lowest BCUT2D eigenvalue weighted by molar-refractivity contribution is -0.139. The molecule has 1 atom stereocenters. The van der Waals surface area contributed by atoms with Gasteiger partial charge in [0.05, 0.1) is 11.9 Å². The second kappa shape index (κ2) is 12.4. The van der Waals surface area contributed by atoms with Gasteiger partial charge in [-0.15, -0.1) is 0 Å². The molecule has 0 heterocycles. The highest BCUT2D eigenvalue weighted by molar-refractivity contribution is 7.92. The molecule has 1 unspecified atom stereocenters. The van der Waals surface area contributed by atoms with Gasteiger partial charge >= 0.3 is 0 Å². The van der Waals surface area contributed by atoms with Crippen LogP contribution in [0.25, 0.3) is 0 Å². The second-order valence-corrected chi connectivity index (χ2v) is 11.3. The highest BCUT2D eigenvalue weighted by atomic mass is 35.5. The van der Waals surface area contributed by atoms with Crippen molar-refractivity contribution < 1.29 is 18.0 Å². The van der Waals surface area contributed by atoms with Gasteiger partial charge in [-0.3, -0.25) is 13.9 Å². The topological polar surface area (TPSA) is 86.8 Å². The lowest BCUT2D eigenvalue weighted by atomic mass is 10.0. The van der Waals surface area contributed by atoms with E-state index in [4.69, 9.17) is 23.2 Å². The normalized spacial score (nSPS) is 12.0. The standard InChI is InChI=1S/C27H29Cl2N3O4S/c1-19-22(28)14-9-15-24(19)32(37(3,35)36)18-26(33)31(17-21-12-7-8-13-23(21)29)25(27(34)30-2)16-20-10-5-4-6-11-20/h4-15,25H,16-18H2,1-3H3,(H,30,34). The average molecular weight is 563 g/mol. The van der Waals surface area contributed by atoms with Gasteiger partial charge in [-0.2, -0.15) is 0 Å². The van der Waals surface area contributed by atoms with E-state index in [1.807, 2.05) is 30.3 Å². The van der Waals surface area contributed by atoms with Crippen molar-refractivity contribution in [2.24, 2.45) is 0 Å². The van der Waals surface area contributed by atoms with Gasteiger partial charge in [-0.1, -0.05) is 77.8 Å². The zero-order valence-corrected chi connectivity index (χ0v) is 23.1. The molecule has 0 radical (unpaired) electrons. The maximum absolute atomic E-state index is 13.9. The Kier molecular flexibility index (Phi) is 9.59. The number of amides is 2. The zero-order chi connectivity index (χ0) is 27.2. The fraction of sp³-hybridized carbons (Fsp3) is 0.259. The Morgan fingerprint density at radius 2 is 1.54 bits per heavy atom. The zero-order valence-electron chi connectivity index (χ0n) is 20.8. The molecule has 0 fully saturated rings. The number of sulfonamides is 1. The number of benzene rings is 3. The Balaban J connectivity index is 2.07. The molecule has 3 aromatic carbocycles. The summed E-state index contributed by atoms with van der Waals surface area (Å²) < 4.78 is 26.7. The minimum Gasteiger partial charge on any atom is -0.357 e. The first-order valence-corrected chi connectivity index (χ1v) is 14.1. The smallest absolute Gasteiger partial charge is 0.244 e. The molecule has 3 rings (SSSR count). The van der Waals surface area contributed by atoms with E-state index in [0.717, 1.165) is 16.1 Å². The van der Waals surface area contributed by atoms with Gasteiger partial charge in [0.15, 0.2) is 0 Å². The Morgan fingerprint density at radius 1 is 0.919 bits per heavy atom. The lowest BCUT2D eigenvalue weighted by Gasteiger charge is -2.33. The largest absolute Gasteiger partial charge is 0.357 e. The third-order valence-electron chi connectivity index (χ3n) is 6.00. The number of hydrogen-bond acceptors (Lipinski definition) is 4. The van der Waals surface area contributed by atoms with Gasteiger partial charge in [0, 0.05) is 30.1 Å². The van der Waals surface area contributed by atoms with Crippen molar-refractivity contribution in [1.29, 1.82) is 0 Å². The minimum absolute atomic E-state index is 0.00948. The van der Waals surface area contributed by atoms with E-state index in [0.29, 0.717) is 26.9 Å². The maximum atomic E-state index is 13.9. The summed E-state index contributed by atoms with van der Waals surface area (Å²) in [7, 11) is -2.38. The lowest BCUT2D eigenvalue weighted by Crippen LogP contribution is -2.53. The number of rotatable bonds is 10. The van der Waals surface area contributed by atoms with Gasteiger partial charge in [0.1, 0.15) is 12.6 Å². The number of nitrogens with zero attached hydrogens (tertiary/aromatic N) is 2. The van der Waals surface area contributed by atoms with E-state index >= 15 is 0 Å². The second-order valence-electron chi connectivity index (χ2n) is 8.59. The minimum atomic E-state index is -3.88. The fourth-order valence-electron chi connectivity index (χ4n) is 3.99. The summed E-state index contributed by atoms with van der Waals surface area (Å²) in [6.45, 7) is 1.17. The van der Waals surface area contributed by atoms with Crippen LogP contribution >= 0.6 is 23.2 Å². The van der Waals surface area contributed by atoms with Crippen molar-refractivity contribution in [3.8, 4) is 0 Å². The van der Waals surface area contributed by atoms with Crippen LogP contribution in [0.5, 0.6) is 0 Å². The van der Waals surface area contributed by atoms with Gasteiger partial charge in [0.25, 0.3) is 0 Å².